The van der Waals surface area contributed by atoms with E-state index in [-0.39, 0.29) is 0 Å². The van der Waals surface area contributed by atoms with E-state index in [0.717, 1.165) is 6.04 Å². The molecule has 0 unspecified atom stereocenters. The van der Waals surface area contributed by atoms with E-state index in [1.54, 1.807) is 0 Å². The molecule has 2 rings (SSSR count). The van der Waals surface area contributed by atoms with Crippen molar-refractivity contribution < 1.29 is 4.99 Å². The van der Waals surface area contributed by atoms with E-state index >= 15 is 0 Å². The molecule has 0 aromatic heterocycles. The van der Waals surface area contributed by atoms with Crippen molar-refractivity contribution in [3.8, 4) is 0 Å². The van der Waals surface area contributed by atoms with Crippen molar-refractivity contribution in [3.05, 3.63) is 0 Å². The topological polar surface area (TPSA) is 26.0 Å². The van der Waals surface area contributed by atoms with E-state index in [2.05, 4.69) is 10.3 Å². The van der Waals surface area contributed by atoms with Gasteiger partial charge in [-0.05, 0) is 32.1 Å². The molecule has 2 N–H and O–H groups in total. The Morgan fingerprint density at radius 1 is 1.18 bits per heavy atom. The van der Waals surface area contributed by atoms with Crippen LogP contribution in [0.5, 0.6) is 0 Å². The zero-order chi connectivity index (χ0) is 7.52. The predicted octanol–water partition coefficient (Wildman–Crippen LogP) is -0.208. The van der Waals surface area contributed by atoms with Crippen LogP contribution in [0.1, 0.15) is 38.5 Å². The van der Waals surface area contributed by atoms with Crippen LogP contribution in [0.4, 0.5) is 0 Å². The van der Waals surface area contributed by atoms with Gasteiger partial charge in [0.05, 0.1) is 19.0 Å². The molecule has 1 aliphatic carbocycles. The van der Waals surface area contributed by atoms with Gasteiger partial charge in [0.1, 0.15) is 0 Å². The lowest BCUT2D eigenvalue weighted by Gasteiger charge is -2.04. The Kier molecular flexibility index (Phi) is 2.11. The summed E-state index contributed by atoms with van der Waals surface area (Å²) in [6, 6.07) is 0.788. The van der Waals surface area contributed by atoms with E-state index in [9.17, 15) is 0 Å². The SMILES string of the molecule is C1C[NH+]=C(NC2CCCC2)C1. The number of nitrogens with one attached hydrogen (secondary N) is 2. The summed E-state index contributed by atoms with van der Waals surface area (Å²) in [5, 5.41) is 3.58. The Balaban J connectivity index is 1.79. The molecule has 2 aliphatic rings. The average Bonchev–Trinajstić information content (AvgIpc) is 2.60. The molecule has 2 nitrogen and oxygen atoms in total. The second kappa shape index (κ2) is 3.24. The Bertz CT molecular complexity index is 157. The van der Waals surface area contributed by atoms with E-state index in [0.29, 0.717) is 0 Å². The minimum absolute atomic E-state index is 0.788. The summed E-state index contributed by atoms with van der Waals surface area (Å²) >= 11 is 0. The fourth-order valence-electron chi connectivity index (χ4n) is 2.03. The van der Waals surface area contributed by atoms with Crippen LogP contribution in [0.25, 0.3) is 0 Å². The van der Waals surface area contributed by atoms with Gasteiger partial charge in [0, 0.05) is 0 Å². The van der Waals surface area contributed by atoms with Crippen molar-refractivity contribution in [2.45, 2.75) is 44.6 Å². The third kappa shape index (κ3) is 1.73. The maximum atomic E-state index is 3.58. The molecule has 0 atom stereocenters. The molecule has 1 saturated carbocycles. The highest BCUT2D eigenvalue weighted by atomic mass is 15.0. The van der Waals surface area contributed by atoms with Crippen molar-refractivity contribution in [1.29, 1.82) is 0 Å². The monoisotopic (exact) mass is 153 g/mol. The smallest absolute Gasteiger partial charge is 0.242 e. The highest BCUT2D eigenvalue weighted by Gasteiger charge is 2.22. The molecule has 11 heavy (non-hydrogen) atoms. The minimum Gasteiger partial charge on any atom is -0.279 e. The maximum absolute atomic E-state index is 3.58. The predicted molar refractivity (Wildman–Crippen MR) is 45.5 cm³/mol. The molecular formula is C9H17N2+. The fourth-order valence-corrected chi connectivity index (χ4v) is 2.03. The Labute approximate surface area is 68.1 Å². The molecule has 2 heteroatoms. The summed E-state index contributed by atoms with van der Waals surface area (Å²) in [5.74, 6) is 1.40. The average molecular weight is 153 g/mol. The fraction of sp³-hybridized carbons (Fsp3) is 0.889. The largest absolute Gasteiger partial charge is 0.279 e. The molecule has 0 aromatic rings. The second-order valence-electron chi connectivity index (χ2n) is 3.63. The molecule has 0 radical (unpaired) electrons. The molecule has 1 heterocycles. The zero-order valence-corrected chi connectivity index (χ0v) is 7.03. The van der Waals surface area contributed by atoms with Crippen LogP contribution in [-0.4, -0.2) is 18.4 Å². The normalized spacial score (nSPS) is 25.6. The first-order valence-corrected chi connectivity index (χ1v) is 4.81. The second-order valence-corrected chi connectivity index (χ2v) is 3.63. The summed E-state index contributed by atoms with van der Waals surface area (Å²) < 4.78 is 0. The minimum atomic E-state index is 0.788. The third-order valence-corrected chi connectivity index (χ3v) is 2.68. The van der Waals surface area contributed by atoms with Crippen molar-refractivity contribution in [1.82, 2.24) is 5.32 Å². The first-order valence-electron chi connectivity index (χ1n) is 4.81. The Morgan fingerprint density at radius 3 is 2.64 bits per heavy atom. The van der Waals surface area contributed by atoms with Crippen molar-refractivity contribution in [2.24, 2.45) is 0 Å². The van der Waals surface area contributed by atoms with Crippen LogP contribution in [0.15, 0.2) is 0 Å². The van der Waals surface area contributed by atoms with Crippen LogP contribution in [-0.2, 0) is 0 Å². The summed E-state index contributed by atoms with van der Waals surface area (Å²) in [6.07, 6.45) is 8.16. The lowest BCUT2D eigenvalue weighted by Crippen LogP contribution is -2.72. The van der Waals surface area contributed by atoms with Crippen molar-refractivity contribution >= 4 is 5.84 Å². The van der Waals surface area contributed by atoms with Gasteiger partial charge in [-0.25, -0.2) is 0 Å². The van der Waals surface area contributed by atoms with E-state index in [1.165, 1.54) is 50.9 Å². The molecule has 0 aromatic carbocycles. The van der Waals surface area contributed by atoms with Crippen LogP contribution < -0.4 is 10.3 Å². The van der Waals surface area contributed by atoms with E-state index < -0.39 is 0 Å². The first-order chi connectivity index (χ1) is 5.45. The van der Waals surface area contributed by atoms with Crippen LogP contribution in [0.3, 0.4) is 0 Å². The Morgan fingerprint density at radius 2 is 2.00 bits per heavy atom. The van der Waals surface area contributed by atoms with E-state index in [1.807, 2.05) is 0 Å². The van der Waals surface area contributed by atoms with Gasteiger partial charge < -0.3 is 0 Å². The van der Waals surface area contributed by atoms with Gasteiger partial charge >= 0.3 is 0 Å². The van der Waals surface area contributed by atoms with Crippen molar-refractivity contribution in [3.63, 3.8) is 0 Å². The lowest BCUT2D eigenvalue weighted by atomic mass is 10.2. The van der Waals surface area contributed by atoms with Crippen LogP contribution in [0, 0.1) is 0 Å². The standard InChI is InChI=1S/C9H16N2/c1-2-5-8(4-1)11-9-6-3-7-10-9/h8H,1-7H2,(H,10,11)/p+1. The molecule has 0 saturated heterocycles. The molecule has 1 aliphatic heterocycles. The summed E-state index contributed by atoms with van der Waals surface area (Å²) in [7, 11) is 0. The number of hydrogen-bond donors (Lipinski definition) is 2. The number of amidine groups is 1. The molecule has 0 amide bonds. The quantitative estimate of drug-likeness (QED) is 0.536. The summed E-state index contributed by atoms with van der Waals surface area (Å²) in [4.78, 5) is 3.39. The van der Waals surface area contributed by atoms with Gasteiger partial charge in [0.25, 0.3) is 0 Å². The molecule has 0 spiro atoms. The summed E-state index contributed by atoms with van der Waals surface area (Å²) in [5.41, 5.74) is 0. The third-order valence-electron chi connectivity index (χ3n) is 2.68. The Hall–Kier alpha value is -0.530. The number of hydrogen-bond acceptors (Lipinski definition) is 1. The first kappa shape index (κ1) is 7.14. The van der Waals surface area contributed by atoms with Gasteiger partial charge in [-0.2, -0.15) is 0 Å². The van der Waals surface area contributed by atoms with Gasteiger partial charge in [0.2, 0.25) is 5.84 Å². The van der Waals surface area contributed by atoms with Gasteiger partial charge in [0.15, 0.2) is 0 Å². The van der Waals surface area contributed by atoms with E-state index in [4.69, 9.17) is 0 Å². The molecule has 62 valence electrons. The molecule has 0 bridgehead atoms. The zero-order valence-electron chi connectivity index (χ0n) is 7.03. The molecule has 1 fully saturated rings. The van der Waals surface area contributed by atoms with Gasteiger partial charge in [-0.15, -0.1) is 0 Å². The summed E-state index contributed by atoms with van der Waals surface area (Å²) in [6.45, 7) is 1.18. The van der Waals surface area contributed by atoms with Gasteiger partial charge in [-0.1, -0.05) is 0 Å². The van der Waals surface area contributed by atoms with Gasteiger partial charge in [-0.3, -0.25) is 10.3 Å². The number of rotatable bonds is 1. The van der Waals surface area contributed by atoms with Crippen molar-refractivity contribution in [2.75, 3.05) is 6.54 Å². The molecular weight excluding hydrogens is 136 g/mol. The van der Waals surface area contributed by atoms with Crippen LogP contribution in [0.2, 0.25) is 0 Å². The lowest BCUT2D eigenvalue weighted by molar-refractivity contribution is -0.449. The highest BCUT2D eigenvalue weighted by Crippen LogP contribution is 2.17. The maximum Gasteiger partial charge on any atom is 0.242 e. The van der Waals surface area contributed by atoms with Crippen LogP contribution >= 0.6 is 0 Å². The highest BCUT2D eigenvalue weighted by molar-refractivity contribution is 5.77.